The number of piperazine rings is 1. The predicted molar refractivity (Wildman–Crippen MR) is 99.9 cm³/mol. The Morgan fingerprint density at radius 1 is 1.08 bits per heavy atom. The van der Waals surface area contributed by atoms with E-state index >= 15 is 0 Å². The first-order valence-corrected chi connectivity index (χ1v) is 9.00. The molecule has 2 heterocycles. The third kappa shape index (κ3) is 3.82. The Hall–Kier alpha value is -2.40. The SMILES string of the molecule is CN1CCN(c2ccc(-c3cc(C(=O)NC4CC4)ccn3)cc2)CC1. The number of likely N-dealkylation sites (N-methyl/N-ethyl adjacent to an activating group) is 1. The van der Waals surface area contributed by atoms with Gasteiger partial charge in [0.25, 0.3) is 5.91 Å². The molecule has 1 aromatic carbocycles. The maximum atomic E-state index is 12.2. The molecule has 5 heteroatoms. The van der Waals surface area contributed by atoms with Gasteiger partial charge in [-0.1, -0.05) is 12.1 Å². The predicted octanol–water partition coefficient (Wildman–Crippen LogP) is 2.39. The van der Waals surface area contributed by atoms with Gasteiger partial charge in [-0.25, -0.2) is 0 Å². The number of nitrogens with one attached hydrogen (secondary N) is 1. The van der Waals surface area contributed by atoms with Crippen LogP contribution in [0.2, 0.25) is 0 Å². The van der Waals surface area contributed by atoms with Crippen molar-refractivity contribution in [1.29, 1.82) is 0 Å². The zero-order valence-corrected chi connectivity index (χ0v) is 14.6. The lowest BCUT2D eigenvalue weighted by Crippen LogP contribution is -2.44. The number of aromatic nitrogens is 1. The molecule has 2 aliphatic rings. The molecular formula is C20H24N4O. The number of hydrogen-bond acceptors (Lipinski definition) is 4. The molecule has 130 valence electrons. The minimum Gasteiger partial charge on any atom is -0.369 e. The van der Waals surface area contributed by atoms with E-state index in [9.17, 15) is 4.79 Å². The van der Waals surface area contributed by atoms with Gasteiger partial charge in [0, 0.05) is 55.2 Å². The molecule has 1 aliphatic heterocycles. The lowest BCUT2D eigenvalue weighted by Gasteiger charge is -2.34. The van der Waals surface area contributed by atoms with Crippen LogP contribution in [0.4, 0.5) is 5.69 Å². The van der Waals surface area contributed by atoms with Crippen LogP contribution >= 0.6 is 0 Å². The third-order valence-electron chi connectivity index (χ3n) is 4.97. The van der Waals surface area contributed by atoms with Crippen LogP contribution in [-0.4, -0.2) is 55.1 Å². The first-order valence-electron chi connectivity index (χ1n) is 9.00. The van der Waals surface area contributed by atoms with E-state index in [-0.39, 0.29) is 5.91 Å². The molecule has 1 saturated heterocycles. The number of nitrogens with zero attached hydrogens (tertiary/aromatic N) is 3. The fourth-order valence-electron chi connectivity index (χ4n) is 3.13. The number of amides is 1. The van der Waals surface area contributed by atoms with Gasteiger partial charge in [0.2, 0.25) is 0 Å². The molecule has 0 atom stereocenters. The standard InChI is InChI=1S/C20H24N4O/c1-23-10-12-24(13-11-23)18-6-2-15(3-7-18)19-14-16(8-9-21-19)20(25)22-17-4-5-17/h2-3,6-9,14,17H,4-5,10-13H2,1H3,(H,22,25). The number of anilines is 1. The maximum Gasteiger partial charge on any atom is 0.251 e. The number of carbonyl (C=O) groups is 1. The van der Waals surface area contributed by atoms with Crippen LogP contribution in [0.25, 0.3) is 11.3 Å². The van der Waals surface area contributed by atoms with E-state index in [0.717, 1.165) is 50.3 Å². The van der Waals surface area contributed by atoms with Crippen LogP contribution in [0.5, 0.6) is 0 Å². The van der Waals surface area contributed by atoms with Gasteiger partial charge in [0.05, 0.1) is 5.69 Å². The third-order valence-corrected chi connectivity index (χ3v) is 4.97. The zero-order valence-electron chi connectivity index (χ0n) is 14.6. The van der Waals surface area contributed by atoms with Crippen molar-refractivity contribution in [2.75, 3.05) is 38.1 Å². The van der Waals surface area contributed by atoms with E-state index in [1.807, 2.05) is 6.07 Å². The monoisotopic (exact) mass is 336 g/mol. The topological polar surface area (TPSA) is 48.5 Å². The number of pyridine rings is 1. The molecule has 0 bridgehead atoms. The lowest BCUT2D eigenvalue weighted by atomic mass is 10.1. The van der Waals surface area contributed by atoms with Crippen molar-refractivity contribution in [1.82, 2.24) is 15.2 Å². The summed E-state index contributed by atoms with van der Waals surface area (Å²) in [5, 5.41) is 3.03. The summed E-state index contributed by atoms with van der Waals surface area (Å²) in [6, 6.07) is 12.5. The Labute approximate surface area is 148 Å². The summed E-state index contributed by atoms with van der Waals surface area (Å²) >= 11 is 0. The minimum absolute atomic E-state index is 0.000191. The fourth-order valence-corrected chi connectivity index (χ4v) is 3.13. The van der Waals surface area contributed by atoms with Crippen LogP contribution < -0.4 is 10.2 Å². The van der Waals surface area contributed by atoms with Crippen molar-refractivity contribution >= 4 is 11.6 Å². The van der Waals surface area contributed by atoms with Gasteiger partial charge >= 0.3 is 0 Å². The van der Waals surface area contributed by atoms with Crippen molar-refractivity contribution < 1.29 is 4.79 Å². The largest absolute Gasteiger partial charge is 0.369 e. The van der Waals surface area contributed by atoms with Gasteiger partial charge in [0.1, 0.15) is 0 Å². The second kappa shape index (κ2) is 6.84. The normalized spacial score (nSPS) is 18.2. The van der Waals surface area contributed by atoms with E-state index in [1.165, 1.54) is 5.69 Å². The van der Waals surface area contributed by atoms with E-state index in [4.69, 9.17) is 0 Å². The summed E-state index contributed by atoms with van der Waals surface area (Å²) in [4.78, 5) is 21.4. The summed E-state index contributed by atoms with van der Waals surface area (Å²) in [6.45, 7) is 4.32. The van der Waals surface area contributed by atoms with Crippen LogP contribution in [0.1, 0.15) is 23.2 Å². The Balaban J connectivity index is 1.49. The van der Waals surface area contributed by atoms with Gasteiger partial charge in [-0.2, -0.15) is 0 Å². The maximum absolute atomic E-state index is 12.2. The number of carbonyl (C=O) groups excluding carboxylic acids is 1. The van der Waals surface area contributed by atoms with Gasteiger partial charge in [-0.15, -0.1) is 0 Å². The van der Waals surface area contributed by atoms with Gasteiger partial charge in [0.15, 0.2) is 0 Å². The van der Waals surface area contributed by atoms with Crippen LogP contribution in [0.3, 0.4) is 0 Å². The van der Waals surface area contributed by atoms with E-state index in [0.29, 0.717) is 11.6 Å². The summed E-state index contributed by atoms with van der Waals surface area (Å²) in [5.41, 5.74) is 3.81. The van der Waals surface area contributed by atoms with E-state index in [2.05, 4.69) is 51.4 Å². The molecule has 1 aliphatic carbocycles. The van der Waals surface area contributed by atoms with Crippen molar-refractivity contribution in [3.8, 4) is 11.3 Å². The van der Waals surface area contributed by atoms with Crippen molar-refractivity contribution in [3.05, 3.63) is 48.2 Å². The molecule has 25 heavy (non-hydrogen) atoms. The second-order valence-corrected chi connectivity index (χ2v) is 7.01. The first kappa shape index (κ1) is 16.1. The number of rotatable bonds is 4. The van der Waals surface area contributed by atoms with Crippen molar-refractivity contribution in [3.63, 3.8) is 0 Å². The Morgan fingerprint density at radius 3 is 2.48 bits per heavy atom. The quantitative estimate of drug-likeness (QED) is 0.931. The molecule has 1 N–H and O–H groups in total. The minimum atomic E-state index is 0.000191. The van der Waals surface area contributed by atoms with E-state index in [1.54, 1.807) is 12.3 Å². The highest BCUT2D eigenvalue weighted by Gasteiger charge is 2.24. The first-order chi connectivity index (χ1) is 12.2. The molecule has 2 fully saturated rings. The second-order valence-electron chi connectivity index (χ2n) is 7.01. The van der Waals surface area contributed by atoms with Gasteiger partial charge in [-0.3, -0.25) is 9.78 Å². The fraction of sp³-hybridized carbons (Fsp3) is 0.400. The zero-order chi connectivity index (χ0) is 17.2. The number of benzene rings is 1. The highest BCUT2D eigenvalue weighted by atomic mass is 16.1. The molecule has 1 aromatic heterocycles. The van der Waals surface area contributed by atoms with Crippen molar-refractivity contribution in [2.45, 2.75) is 18.9 Å². The molecular weight excluding hydrogens is 312 g/mol. The smallest absolute Gasteiger partial charge is 0.251 e. The highest BCUT2D eigenvalue weighted by Crippen LogP contribution is 2.24. The average molecular weight is 336 g/mol. The van der Waals surface area contributed by atoms with Crippen LogP contribution in [0.15, 0.2) is 42.6 Å². The molecule has 0 unspecified atom stereocenters. The lowest BCUT2D eigenvalue weighted by molar-refractivity contribution is 0.0951. The summed E-state index contributed by atoms with van der Waals surface area (Å²) in [5.74, 6) is 0.000191. The molecule has 0 spiro atoms. The van der Waals surface area contributed by atoms with Crippen LogP contribution in [-0.2, 0) is 0 Å². The Bertz CT molecular complexity index is 747. The molecule has 1 amide bonds. The summed E-state index contributed by atoms with van der Waals surface area (Å²) in [6.07, 6.45) is 3.90. The van der Waals surface area contributed by atoms with Crippen molar-refractivity contribution in [2.24, 2.45) is 0 Å². The molecule has 0 radical (unpaired) electrons. The summed E-state index contributed by atoms with van der Waals surface area (Å²) < 4.78 is 0. The molecule has 4 rings (SSSR count). The van der Waals surface area contributed by atoms with Crippen LogP contribution in [0, 0.1) is 0 Å². The number of hydrogen-bond donors (Lipinski definition) is 1. The summed E-state index contributed by atoms with van der Waals surface area (Å²) in [7, 11) is 2.17. The van der Waals surface area contributed by atoms with Gasteiger partial charge < -0.3 is 15.1 Å². The van der Waals surface area contributed by atoms with E-state index < -0.39 is 0 Å². The average Bonchev–Trinajstić information content (AvgIpc) is 3.47. The highest BCUT2D eigenvalue weighted by molar-refractivity contribution is 5.95. The van der Waals surface area contributed by atoms with Gasteiger partial charge in [-0.05, 0) is 44.2 Å². The molecule has 5 nitrogen and oxygen atoms in total. The molecule has 1 saturated carbocycles. The molecule has 2 aromatic rings. The Morgan fingerprint density at radius 2 is 1.80 bits per heavy atom. The Kier molecular flexibility index (Phi) is 4.40.